The number of hydrogen-bond donors (Lipinski definition) is 0. The Morgan fingerprint density at radius 3 is 2.35 bits per heavy atom. The molecule has 1 fully saturated rings. The second-order valence-corrected chi connectivity index (χ2v) is 13.3. The minimum Gasteiger partial charge on any atom is -0.519 e. The fourth-order valence-corrected chi connectivity index (χ4v) is 8.09. The summed E-state index contributed by atoms with van der Waals surface area (Å²) in [4.78, 5) is 0. The summed E-state index contributed by atoms with van der Waals surface area (Å²) in [6.45, 7) is 15.4. The Balaban J connectivity index is 1.84. The van der Waals surface area contributed by atoms with Crippen molar-refractivity contribution in [3.8, 4) is 11.5 Å². The monoisotopic (exact) mass is 336 g/mol. The third-order valence-electron chi connectivity index (χ3n) is 4.53. The summed E-state index contributed by atoms with van der Waals surface area (Å²) in [6.07, 6.45) is 0.264. The van der Waals surface area contributed by atoms with E-state index < -0.39 is 8.56 Å². The maximum Gasteiger partial charge on any atom is 0.410 e. The van der Waals surface area contributed by atoms with Gasteiger partial charge in [-0.1, -0.05) is 41.5 Å². The molecular weight excluding hydrogens is 308 g/mol. The molecule has 0 bridgehead atoms. The van der Waals surface area contributed by atoms with Crippen molar-refractivity contribution < 1.29 is 18.3 Å². The van der Waals surface area contributed by atoms with Crippen molar-refractivity contribution in [3.63, 3.8) is 0 Å². The van der Waals surface area contributed by atoms with Gasteiger partial charge in [-0.2, -0.15) is 0 Å². The Bertz CT molecular complexity index is 568. The van der Waals surface area contributed by atoms with Crippen LogP contribution in [0.1, 0.15) is 47.1 Å². The van der Waals surface area contributed by atoms with E-state index >= 15 is 0 Å². The van der Waals surface area contributed by atoms with Crippen LogP contribution in [0.25, 0.3) is 0 Å². The van der Waals surface area contributed by atoms with E-state index in [4.69, 9.17) is 18.3 Å². The first kappa shape index (κ1) is 16.8. The number of benzene rings is 1. The van der Waals surface area contributed by atoms with Crippen molar-refractivity contribution >= 4 is 8.56 Å². The second-order valence-electron chi connectivity index (χ2n) is 8.54. The van der Waals surface area contributed by atoms with Crippen LogP contribution in [0.2, 0.25) is 10.1 Å². The SMILES string of the molecule is CC(C)(C)[Si]1(C(C)(C)C)OCc2cc(OC[C@@H]3CO3)ccc2O1. The number of rotatable bonds is 3. The second kappa shape index (κ2) is 5.50. The van der Waals surface area contributed by atoms with Gasteiger partial charge >= 0.3 is 8.56 Å². The predicted octanol–water partition coefficient (Wildman–Crippen LogP) is 4.42. The van der Waals surface area contributed by atoms with E-state index in [1.165, 1.54) is 0 Å². The molecule has 0 aromatic heterocycles. The van der Waals surface area contributed by atoms with Gasteiger partial charge in [-0.25, -0.2) is 0 Å². The van der Waals surface area contributed by atoms with E-state index in [2.05, 4.69) is 41.5 Å². The highest BCUT2D eigenvalue weighted by Crippen LogP contribution is 2.54. The molecule has 1 aromatic carbocycles. The fraction of sp³-hybridized carbons (Fsp3) is 0.667. The summed E-state index contributed by atoms with van der Waals surface area (Å²) >= 11 is 0. The summed E-state index contributed by atoms with van der Waals surface area (Å²) in [5, 5.41) is -0.0250. The van der Waals surface area contributed by atoms with Gasteiger partial charge in [0.25, 0.3) is 0 Å². The highest BCUT2D eigenvalue weighted by atomic mass is 28.4. The first-order valence-electron chi connectivity index (χ1n) is 8.33. The largest absolute Gasteiger partial charge is 0.519 e. The van der Waals surface area contributed by atoms with E-state index in [9.17, 15) is 0 Å². The predicted molar refractivity (Wildman–Crippen MR) is 92.3 cm³/mol. The standard InChI is InChI=1S/C18H28O4Si/c1-17(2,3)23(18(4,5)6)21-10-13-9-14(7-8-16(13)22-23)19-11-15-12-20-15/h7-9,15H,10-12H2,1-6H3/t15-/m1/s1. The van der Waals surface area contributed by atoms with Crippen LogP contribution < -0.4 is 9.16 Å². The Kier molecular flexibility index (Phi) is 4.02. The topological polar surface area (TPSA) is 40.2 Å². The lowest BCUT2D eigenvalue weighted by atomic mass is 10.2. The van der Waals surface area contributed by atoms with Gasteiger partial charge in [-0.3, -0.25) is 0 Å². The lowest BCUT2D eigenvalue weighted by molar-refractivity contribution is 0.155. The number of fused-ring (bicyclic) bond motifs is 1. The molecule has 4 nitrogen and oxygen atoms in total. The smallest absolute Gasteiger partial charge is 0.410 e. The lowest BCUT2D eigenvalue weighted by Crippen LogP contribution is -2.61. The molecule has 2 aliphatic rings. The van der Waals surface area contributed by atoms with E-state index in [1.54, 1.807) is 0 Å². The molecule has 0 aliphatic carbocycles. The van der Waals surface area contributed by atoms with Gasteiger partial charge in [-0.15, -0.1) is 0 Å². The average Bonchev–Trinajstić information content (AvgIpc) is 3.26. The van der Waals surface area contributed by atoms with Crippen molar-refractivity contribution in [2.45, 2.75) is 64.3 Å². The minimum atomic E-state index is -2.44. The van der Waals surface area contributed by atoms with Crippen LogP contribution in [0.4, 0.5) is 0 Å². The van der Waals surface area contributed by atoms with Crippen molar-refractivity contribution in [1.82, 2.24) is 0 Å². The molecule has 0 saturated carbocycles. The highest BCUT2D eigenvalue weighted by molar-refractivity contribution is 6.74. The van der Waals surface area contributed by atoms with Crippen molar-refractivity contribution in [2.75, 3.05) is 13.2 Å². The molecule has 128 valence electrons. The zero-order valence-electron chi connectivity index (χ0n) is 15.1. The summed E-state index contributed by atoms with van der Waals surface area (Å²) in [5.41, 5.74) is 1.07. The molecule has 3 rings (SSSR count). The zero-order chi connectivity index (χ0) is 16.9. The number of ether oxygens (including phenoxy) is 2. The van der Waals surface area contributed by atoms with Crippen LogP contribution in [0.3, 0.4) is 0 Å². The molecule has 5 heteroatoms. The van der Waals surface area contributed by atoms with Crippen LogP contribution in [0.15, 0.2) is 18.2 Å². The Morgan fingerprint density at radius 1 is 1.13 bits per heavy atom. The van der Waals surface area contributed by atoms with Gasteiger partial charge in [0.05, 0.1) is 13.2 Å². The van der Waals surface area contributed by atoms with Crippen molar-refractivity contribution in [1.29, 1.82) is 0 Å². The molecule has 0 amide bonds. The molecule has 1 atom stereocenters. The summed E-state index contributed by atoms with van der Waals surface area (Å²) in [6, 6.07) is 6.04. The van der Waals surface area contributed by atoms with Crippen LogP contribution in [0, 0.1) is 0 Å². The molecule has 23 heavy (non-hydrogen) atoms. The normalized spacial score (nSPS) is 23.0. The summed E-state index contributed by atoms with van der Waals surface area (Å²) in [7, 11) is -2.44. The molecule has 2 heterocycles. The van der Waals surface area contributed by atoms with E-state index in [-0.39, 0.29) is 16.2 Å². The Labute approximate surface area is 140 Å². The van der Waals surface area contributed by atoms with E-state index in [0.717, 1.165) is 23.7 Å². The molecule has 1 aromatic rings. The maximum absolute atomic E-state index is 6.58. The first-order chi connectivity index (χ1) is 10.6. The van der Waals surface area contributed by atoms with Crippen LogP contribution in [-0.4, -0.2) is 27.9 Å². The van der Waals surface area contributed by atoms with Crippen LogP contribution >= 0.6 is 0 Å². The van der Waals surface area contributed by atoms with Crippen molar-refractivity contribution in [2.24, 2.45) is 0 Å². The minimum absolute atomic E-state index is 0.0125. The third-order valence-corrected chi connectivity index (χ3v) is 9.54. The van der Waals surface area contributed by atoms with E-state index in [1.807, 2.05) is 18.2 Å². The summed E-state index contributed by atoms with van der Waals surface area (Å²) in [5.74, 6) is 1.80. The molecule has 0 unspecified atom stereocenters. The summed E-state index contributed by atoms with van der Waals surface area (Å²) < 4.78 is 24.0. The number of epoxide rings is 1. The fourth-order valence-electron chi connectivity index (χ4n) is 3.44. The molecular formula is C18H28O4Si. The third kappa shape index (κ3) is 3.14. The quantitative estimate of drug-likeness (QED) is 0.605. The zero-order valence-corrected chi connectivity index (χ0v) is 16.1. The maximum atomic E-state index is 6.58. The van der Waals surface area contributed by atoms with Gasteiger partial charge in [0, 0.05) is 15.6 Å². The van der Waals surface area contributed by atoms with Gasteiger partial charge in [0.1, 0.15) is 24.2 Å². The lowest BCUT2D eigenvalue weighted by Gasteiger charge is -2.50. The van der Waals surface area contributed by atoms with Gasteiger partial charge in [0.15, 0.2) is 0 Å². The molecule has 0 spiro atoms. The van der Waals surface area contributed by atoms with Gasteiger partial charge < -0.3 is 18.3 Å². The van der Waals surface area contributed by atoms with Crippen molar-refractivity contribution in [3.05, 3.63) is 23.8 Å². The Hall–Kier alpha value is -1.04. The van der Waals surface area contributed by atoms with E-state index in [0.29, 0.717) is 13.2 Å². The van der Waals surface area contributed by atoms with Crippen LogP contribution in [0.5, 0.6) is 11.5 Å². The molecule has 0 N–H and O–H groups in total. The Morgan fingerprint density at radius 2 is 1.78 bits per heavy atom. The molecule has 2 aliphatic heterocycles. The molecule has 0 radical (unpaired) electrons. The van der Waals surface area contributed by atoms with Gasteiger partial charge in [-0.05, 0) is 18.2 Å². The average molecular weight is 337 g/mol. The first-order valence-corrected chi connectivity index (χ1v) is 10.1. The number of hydrogen-bond acceptors (Lipinski definition) is 4. The van der Waals surface area contributed by atoms with Crippen LogP contribution in [-0.2, 0) is 15.8 Å². The highest BCUT2D eigenvalue weighted by Gasteiger charge is 2.61. The molecule has 1 saturated heterocycles. The van der Waals surface area contributed by atoms with Gasteiger partial charge in [0.2, 0.25) is 0 Å².